The van der Waals surface area contributed by atoms with Gasteiger partial charge in [0, 0.05) is 11.3 Å². The van der Waals surface area contributed by atoms with Crippen LogP contribution >= 0.6 is 34.8 Å². The molecule has 1 fully saturated rings. The van der Waals surface area contributed by atoms with Crippen molar-refractivity contribution in [2.24, 2.45) is 16.7 Å². The molecule has 3 unspecified atom stereocenters. The molecule has 2 aliphatic carbocycles. The van der Waals surface area contributed by atoms with Crippen LogP contribution in [0.15, 0.2) is 11.6 Å². The van der Waals surface area contributed by atoms with Crippen LogP contribution in [0.25, 0.3) is 0 Å². The van der Waals surface area contributed by atoms with Crippen LogP contribution in [0.4, 0.5) is 0 Å². The summed E-state index contributed by atoms with van der Waals surface area (Å²) in [4.78, 5) is 35.1. The van der Waals surface area contributed by atoms with Crippen LogP contribution in [0.5, 0.6) is 0 Å². The van der Waals surface area contributed by atoms with Gasteiger partial charge in [-0.3, -0.25) is 14.4 Å². The Morgan fingerprint density at radius 3 is 2.35 bits per heavy atom. The predicted molar refractivity (Wildman–Crippen MR) is 77.8 cm³/mol. The van der Waals surface area contributed by atoms with Crippen molar-refractivity contribution in [3.8, 4) is 0 Å². The Hall–Kier alpha value is -0.380. The Morgan fingerprint density at radius 2 is 1.85 bits per heavy atom. The Kier molecular flexibility index (Phi) is 4.35. The third-order valence-electron chi connectivity index (χ3n) is 4.46. The van der Waals surface area contributed by atoms with Crippen molar-refractivity contribution < 1.29 is 14.4 Å². The Balaban J connectivity index is 2.47. The minimum atomic E-state index is -0.913. The van der Waals surface area contributed by atoms with E-state index in [1.807, 2.05) is 0 Å². The highest BCUT2D eigenvalue weighted by Crippen LogP contribution is 2.54. The van der Waals surface area contributed by atoms with Gasteiger partial charge in [0.25, 0.3) is 0 Å². The molecule has 110 valence electrons. The van der Waals surface area contributed by atoms with Crippen LogP contribution in [-0.4, -0.2) is 15.7 Å². The highest BCUT2D eigenvalue weighted by Gasteiger charge is 2.50. The number of halogens is 3. The normalized spacial score (nSPS) is 36.8. The van der Waals surface area contributed by atoms with Gasteiger partial charge in [-0.2, -0.15) is 0 Å². The largest absolute Gasteiger partial charge is 0.281 e. The maximum absolute atomic E-state index is 11.9. The van der Waals surface area contributed by atoms with Crippen molar-refractivity contribution in [3.63, 3.8) is 0 Å². The van der Waals surface area contributed by atoms with E-state index in [0.717, 1.165) is 5.57 Å². The van der Waals surface area contributed by atoms with Crippen LogP contribution in [-0.2, 0) is 14.4 Å². The number of carbonyl (C=O) groups excluding carboxylic acids is 3. The van der Waals surface area contributed by atoms with Crippen molar-refractivity contribution in [1.29, 1.82) is 0 Å². The molecule has 2 bridgehead atoms. The topological polar surface area (TPSA) is 51.2 Å². The molecule has 2 rings (SSSR count). The summed E-state index contributed by atoms with van der Waals surface area (Å²) in [5, 5.41) is -1.38. The van der Waals surface area contributed by atoms with E-state index in [0.29, 0.717) is 25.7 Å². The van der Waals surface area contributed by atoms with Gasteiger partial charge in [-0.25, -0.2) is 0 Å². The van der Waals surface area contributed by atoms with Gasteiger partial charge in [-0.1, -0.05) is 11.6 Å². The van der Waals surface area contributed by atoms with E-state index in [4.69, 9.17) is 34.8 Å². The molecular formula is C14H15Cl3O3. The summed E-state index contributed by atoms with van der Waals surface area (Å²) < 4.78 is 0. The van der Waals surface area contributed by atoms with Gasteiger partial charge in [0.05, 0.1) is 5.41 Å². The monoisotopic (exact) mass is 336 g/mol. The SMILES string of the molecule is CC1(C(=O)Cl)C=C2CC(C(=O)Cl)CCC(C(=O)Cl)(C2)C1. The third kappa shape index (κ3) is 2.81. The smallest absolute Gasteiger partial charge is 0.231 e. The minimum absolute atomic E-state index is 0.289. The second-order valence-corrected chi connectivity index (χ2v) is 7.20. The first-order chi connectivity index (χ1) is 9.18. The standard InChI is InChI=1S/C14H15Cl3O3/c1-13(11(16)19)5-8-4-9(10(15)18)2-3-14(6-8,7-13)12(17)20/h5,9H,2-4,6-7H2,1H3. The zero-order chi connectivity index (χ0) is 15.1. The molecule has 0 amide bonds. The molecule has 3 nitrogen and oxygen atoms in total. The number of rotatable bonds is 3. The first kappa shape index (κ1) is 16.0. The number of fused-ring (bicyclic) bond motifs is 2. The van der Waals surface area contributed by atoms with Crippen molar-refractivity contribution >= 4 is 50.5 Å². The molecular weight excluding hydrogens is 323 g/mol. The zero-order valence-corrected chi connectivity index (χ0v) is 13.3. The minimum Gasteiger partial charge on any atom is -0.281 e. The molecule has 1 saturated carbocycles. The molecule has 6 heteroatoms. The maximum atomic E-state index is 11.9. The highest BCUT2D eigenvalue weighted by atomic mass is 35.5. The summed E-state index contributed by atoms with van der Waals surface area (Å²) >= 11 is 17.1. The lowest BCUT2D eigenvalue weighted by Gasteiger charge is -2.40. The molecule has 0 radical (unpaired) electrons. The number of hydrogen-bond acceptors (Lipinski definition) is 3. The van der Waals surface area contributed by atoms with Gasteiger partial charge in [-0.15, -0.1) is 0 Å². The molecule has 0 saturated heterocycles. The summed E-state index contributed by atoms with van der Waals surface area (Å²) in [7, 11) is 0. The Labute approximate surface area is 132 Å². The summed E-state index contributed by atoms with van der Waals surface area (Å²) in [5.74, 6) is -0.325. The molecule has 0 N–H and O–H groups in total. The number of allylic oxidation sites excluding steroid dienone is 2. The first-order valence-electron chi connectivity index (χ1n) is 6.48. The van der Waals surface area contributed by atoms with E-state index < -0.39 is 26.6 Å². The molecule has 3 atom stereocenters. The quantitative estimate of drug-likeness (QED) is 0.581. The molecule has 2 aliphatic rings. The molecule has 0 heterocycles. The number of carbonyl (C=O) groups is 3. The second kappa shape index (κ2) is 5.43. The molecule has 20 heavy (non-hydrogen) atoms. The van der Waals surface area contributed by atoms with E-state index in [-0.39, 0.29) is 12.3 Å². The Bertz CT molecular complexity index is 514. The maximum Gasteiger partial charge on any atom is 0.231 e. The first-order valence-corrected chi connectivity index (χ1v) is 7.62. The summed E-state index contributed by atoms with van der Waals surface area (Å²) in [6, 6.07) is 0. The molecule has 0 aromatic rings. The third-order valence-corrected chi connectivity index (χ3v) is 5.60. The second-order valence-electron chi connectivity index (χ2n) is 6.15. The van der Waals surface area contributed by atoms with E-state index in [2.05, 4.69) is 0 Å². The molecule has 0 aromatic heterocycles. The van der Waals surface area contributed by atoms with Gasteiger partial charge >= 0.3 is 0 Å². The number of hydrogen-bond donors (Lipinski definition) is 0. The van der Waals surface area contributed by atoms with Gasteiger partial charge in [0.2, 0.25) is 15.7 Å². The predicted octanol–water partition coefficient (Wildman–Crippen LogP) is 3.80. The molecule has 0 aliphatic heterocycles. The lowest BCUT2D eigenvalue weighted by molar-refractivity contribution is -0.126. The Morgan fingerprint density at radius 1 is 1.20 bits per heavy atom. The molecule has 0 aromatic carbocycles. The van der Waals surface area contributed by atoms with Crippen molar-refractivity contribution in [2.45, 2.75) is 39.0 Å². The summed E-state index contributed by atoms with van der Waals surface area (Å²) in [6.45, 7) is 1.71. The zero-order valence-electron chi connectivity index (χ0n) is 11.0. The lowest BCUT2D eigenvalue weighted by atomic mass is 9.64. The summed E-state index contributed by atoms with van der Waals surface area (Å²) in [5.41, 5.74) is -0.853. The lowest BCUT2D eigenvalue weighted by Crippen LogP contribution is -2.39. The fourth-order valence-corrected chi connectivity index (χ4v) is 4.02. The van der Waals surface area contributed by atoms with Gasteiger partial charge in [0.15, 0.2) is 0 Å². The van der Waals surface area contributed by atoms with Crippen molar-refractivity contribution in [3.05, 3.63) is 11.6 Å². The van der Waals surface area contributed by atoms with Crippen LogP contribution in [0.2, 0.25) is 0 Å². The summed E-state index contributed by atoms with van der Waals surface area (Å²) in [6.07, 6.45) is 3.99. The average Bonchev–Trinajstić information content (AvgIpc) is 2.46. The molecule has 0 spiro atoms. The van der Waals surface area contributed by atoms with Crippen LogP contribution in [0, 0.1) is 16.7 Å². The van der Waals surface area contributed by atoms with Gasteiger partial charge < -0.3 is 0 Å². The average molecular weight is 338 g/mol. The van der Waals surface area contributed by atoms with Crippen LogP contribution in [0.1, 0.15) is 39.0 Å². The van der Waals surface area contributed by atoms with Crippen molar-refractivity contribution in [2.75, 3.05) is 0 Å². The van der Waals surface area contributed by atoms with Gasteiger partial charge in [-0.05, 0) is 73.8 Å². The fraction of sp³-hybridized carbons (Fsp3) is 0.643. The fourth-order valence-electron chi connectivity index (χ4n) is 3.49. The highest BCUT2D eigenvalue weighted by molar-refractivity contribution is 6.66. The van der Waals surface area contributed by atoms with Crippen LogP contribution < -0.4 is 0 Å². The van der Waals surface area contributed by atoms with Gasteiger partial charge in [0.1, 0.15) is 0 Å². The van der Waals surface area contributed by atoms with Crippen LogP contribution in [0.3, 0.4) is 0 Å². The van der Waals surface area contributed by atoms with E-state index in [1.165, 1.54) is 0 Å². The van der Waals surface area contributed by atoms with E-state index in [1.54, 1.807) is 13.0 Å². The van der Waals surface area contributed by atoms with E-state index in [9.17, 15) is 14.4 Å². The van der Waals surface area contributed by atoms with E-state index >= 15 is 0 Å². The van der Waals surface area contributed by atoms with Crippen molar-refractivity contribution in [1.82, 2.24) is 0 Å².